The second-order valence-electron chi connectivity index (χ2n) is 3.67. The molecule has 1 atom stereocenters. The van der Waals surface area contributed by atoms with Gasteiger partial charge in [0, 0.05) is 10.6 Å². The van der Waals surface area contributed by atoms with E-state index >= 15 is 0 Å². The number of rotatable bonds is 6. The number of hydrogen-bond donors (Lipinski definition) is 1. The molecular formula is C13H18O3S. The molecule has 0 spiro atoms. The van der Waals surface area contributed by atoms with Crippen molar-refractivity contribution in [3.63, 3.8) is 0 Å². The molecule has 0 aromatic heterocycles. The highest BCUT2D eigenvalue weighted by molar-refractivity contribution is 7.99. The molecule has 94 valence electrons. The third-order valence-corrected chi connectivity index (χ3v) is 3.47. The molecule has 0 saturated heterocycles. The van der Waals surface area contributed by atoms with Crippen molar-refractivity contribution >= 4 is 17.7 Å². The Morgan fingerprint density at radius 2 is 2.06 bits per heavy atom. The van der Waals surface area contributed by atoms with Crippen molar-refractivity contribution in [2.24, 2.45) is 0 Å². The molecule has 0 heterocycles. The number of hydrogen-bond acceptors (Lipinski definition) is 4. The average molecular weight is 254 g/mol. The average Bonchev–Trinajstić information content (AvgIpc) is 2.38. The Morgan fingerprint density at radius 3 is 2.59 bits per heavy atom. The van der Waals surface area contributed by atoms with E-state index in [2.05, 4.69) is 4.74 Å². The van der Waals surface area contributed by atoms with Crippen LogP contribution < -0.4 is 0 Å². The van der Waals surface area contributed by atoms with Crippen molar-refractivity contribution in [3.8, 4) is 0 Å². The molecule has 0 unspecified atom stereocenters. The fourth-order valence-electron chi connectivity index (χ4n) is 1.38. The molecule has 0 saturated carbocycles. The maximum absolute atomic E-state index is 10.9. The van der Waals surface area contributed by atoms with Crippen LogP contribution >= 0.6 is 11.8 Å². The van der Waals surface area contributed by atoms with Gasteiger partial charge in [-0.2, -0.15) is 0 Å². The number of aliphatic hydroxyl groups is 1. The van der Waals surface area contributed by atoms with E-state index < -0.39 is 0 Å². The minimum Gasteiger partial charge on any atom is -0.469 e. The minimum absolute atomic E-state index is 0.185. The summed E-state index contributed by atoms with van der Waals surface area (Å²) in [5.41, 5.74) is 0.935. The first kappa shape index (κ1) is 14.1. The molecule has 1 aromatic rings. The highest BCUT2D eigenvalue weighted by Gasteiger charge is 2.05. The molecule has 1 aromatic carbocycles. The summed E-state index contributed by atoms with van der Waals surface area (Å²) in [7, 11) is 1.40. The lowest BCUT2D eigenvalue weighted by Crippen LogP contribution is -2.00. The van der Waals surface area contributed by atoms with E-state index in [1.165, 1.54) is 7.11 Å². The largest absolute Gasteiger partial charge is 0.469 e. The molecule has 0 aliphatic rings. The van der Waals surface area contributed by atoms with Gasteiger partial charge in [0.05, 0.1) is 19.6 Å². The summed E-state index contributed by atoms with van der Waals surface area (Å²) in [6, 6.07) is 7.79. The lowest BCUT2D eigenvalue weighted by Gasteiger charge is -2.08. The summed E-state index contributed by atoms with van der Waals surface area (Å²) >= 11 is 1.61. The molecule has 0 aliphatic carbocycles. The molecule has 0 fully saturated rings. The van der Waals surface area contributed by atoms with E-state index in [0.717, 1.165) is 16.9 Å². The lowest BCUT2D eigenvalue weighted by molar-refractivity contribution is -0.140. The van der Waals surface area contributed by atoms with Crippen LogP contribution in [0.1, 0.15) is 31.4 Å². The molecule has 0 aliphatic heterocycles. The van der Waals surface area contributed by atoms with Crippen molar-refractivity contribution in [1.82, 2.24) is 0 Å². The quantitative estimate of drug-likeness (QED) is 0.626. The van der Waals surface area contributed by atoms with Crippen molar-refractivity contribution in [1.29, 1.82) is 0 Å². The second kappa shape index (κ2) is 7.35. The van der Waals surface area contributed by atoms with Gasteiger partial charge in [0.1, 0.15) is 0 Å². The van der Waals surface area contributed by atoms with Gasteiger partial charge < -0.3 is 9.84 Å². The van der Waals surface area contributed by atoms with E-state index in [1.807, 2.05) is 31.2 Å². The predicted octanol–water partition coefficient (Wildman–Crippen LogP) is 2.79. The Morgan fingerprint density at radius 1 is 1.41 bits per heavy atom. The predicted molar refractivity (Wildman–Crippen MR) is 69.0 cm³/mol. The summed E-state index contributed by atoms with van der Waals surface area (Å²) in [4.78, 5) is 12.0. The minimum atomic E-state index is -0.385. The number of thioether (sulfide) groups is 1. The highest BCUT2D eigenvalue weighted by atomic mass is 32.2. The maximum Gasteiger partial charge on any atom is 0.306 e. The molecule has 0 amide bonds. The van der Waals surface area contributed by atoms with Crippen molar-refractivity contribution in [2.75, 3.05) is 12.9 Å². The van der Waals surface area contributed by atoms with Crippen LogP contribution in [0.25, 0.3) is 0 Å². The van der Waals surface area contributed by atoms with Crippen molar-refractivity contribution in [3.05, 3.63) is 29.8 Å². The maximum atomic E-state index is 10.9. The molecule has 17 heavy (non-hydrogen) atoms. The van der Waals surface area contributed by atoms with Gasteiger partial charge >= 0.3 is 5.97 Å². The van der Waals surface area contributed by atoms with Crippen LogP contribution in [0.15, 0.2) is 29.2 Å². The Hall–Kier alpha value is -1.00. The van der Waals surface area contributed by atoms with Crippen LogP contribution in [0, 0.1) is 0 Å². The van der Waals surface area contributed by atoms with Gasteiger partial charge in [-0.05, 0) is 24.1 Å². The first-order valence-corrected chi connectivity index (χ1v) is 6.63. The zero-order valence-electron chi connectivity index (χ0n) is 10.2. The number of aliphatic hydroxyl groups excluding tert-OH is 1. The number of benzene rings is 1. The van der Waals surface area contributed by atoms with E-state index in [-0.39, 0.29) is 12.1 Å². The van der Waals surface area contributed by atoms with Crippen molar-refractivity contribution < 1.29 is 14.6 Å². The topological polar surface area (TPSA) is 46.5 Å². The SMILES string of the molecule is CC[C@H](O)c1ccc(SCCC(=O)OC)cc1. The van der Waals surface area contributed by atoms with Gasteiger partial charge in [0.25, 0.3) is 0 Å². The molecule has 1 rings (SSSR count). The third kappa shape index (κ3) is 4.79. The Bertz CT molecular complexity index is 348. The van der Waals surface area contributed by atoms with Crippen LogP contribution in [-0.4, -0.2) is 23.9 Å². The van der Waals surface area contributed by atoms with Gasteiger partial charge in [-0.25, -0.2) is 0 Å². The molecule has 0 bridgehead atoms. The second-order valence-corrected chi connectivity index (χ2v) is 4.84. The fourth-order valence-corrected chi connectivity index (χ4v) is 2.21. The first-order chi connectivity index (χ1) is 8.17. The van der Waals surface area contributed by atoms with Gasteiger partial charge in [-0.1, -0.05) is 19.1 Å². The summed E-state index contributed by atoms with van der Waals surface area (Å²) in [5.74, 6) is 0.526. The third-order valence-electron chi connectivity index (χ3n) is 2.45. The van der Waals surface area contributed by atoms with Crippen LogP contribution in [-0.2, 0) is 9.53 Å². The standard InChI is InChI=1S/C13H18O3S/c1-3-12(14)10-4-6-11(7-5-10)17-9-8-13(15)16-2/h4-7,12,14H,3,8-9H2,1-2H3/t12-/m0/s1. The summed E-state index contributed by atoms with van der Waals surface area (Å²) in [6.07, 6.45) is 0.749. The zero-order valence-corrected chi connectivity index (χ0v) is 11.0. The van der Waals surface area contributed by atoms with Crippen LogP contribution in [0.3, 0.4) is 0 Å². The Labute approximate surface area is 106 Å². The van der Waals surface area contributed by atoms with E-state index in [1.54, 1.807) is 11.8 Å². The van der Waals surface area contributed by atoms with Crippen molar-refractivity contribution in [2.45, 2.75) is 30.8 Å². The molecular weight excluding hydrogens is 236 g/mol. The lowest BCUT2D eigenvalue weighted by atomic mass is 10.1. The number of methoxy groups -OCH3 is 1. The molecule has 0 radical (unpaired) electrons. The molecule has 4 heteroatoms. The fraction of sp³-hybridized carbons (Fsp3) is 0.462. The van der Waals surface area contributed by atoms with Gasteiger partial charge in [0.15, 0.2) is 0 Å². The molecule has 1 N–H and O–H groups in total. The number of ether oxygens (including phenoxy) is 1. The summed E-state index contributed by atoms with van der Waals surface area (Å²) in [5, 5.41) is 9.63. The smallest absolute Gasteiger partial charge is 0.306 e. The summed E-state index contributed by atoms with van der Waals surface area (Å²) < 4.78 is 4.57. The van der Waals surface area contributed by atoms with E-state index in [9.17, 15) is 9.90 Å². The number of carbonyl (C=O) groups excluding carboxylic acids is 1. The van der Waals surface area contributed by atoms with Crippen LogP contribution in [0.4, 0.5) is 0 Å². The summed E-state index contributed by atoms with van der Waals surface area (Å²) in [6.45, 7) is 1.95. The van der Waals surface area contributed by atoms with Crippen LogP contribution in [0.2, 0.25) is 0 Å². The van der Waals surface area contributed by atoms with E-state index in [4.69, 9.17) is 0 Å². The monoisotopic (exact) mass is 254 g/mol. The number of esters is 1. The Kier molecular flexibility index (Phi) is 6.08. The molecule has 3 nitrogen and oxygen atoms in total. The van der Waals surface area contributed by atoms with Gasteiger partial charge in [-0.3, -0.25) is 4.79 Å². The van der Waals surface area contributed by atoms with Crippen LogP contribution in [0.5, 0.6) is 0 Å². The zero-order chi connectivity index (χ0) is 12.7. The Balaban J connectivity index is 2.43. The van der Waals surface area contributed by atoms with E-state index in [0.29, 0.717) is 12.2 Å². The van der Waals surface area contributed by atoms with Gasteiger partial charge in [-0.15, -0.1) is 11.8 Å². The first-order valence-electron chi connectivity index (χ1n) is 5.65. The number of carbonyl (C=O) groups is 1. The van der Waals surface area contributed by atoms with Gasteiger partial charge in [0.2, 0.25) is 0 Å². The highest BCUT2D eigenvalue weighted by Crippen LogP contribution is 2.22. The normalized spacial score (nSPS) is 12.2.